The third-order valence-electron chi connectivity index (χ3n) is 3.17. The van der Waals surface area contributed by atoms with Gasteiger partial charge in [-0.25, -0.2) is 9.48 Å². The molecule has 0 saturated heterocycles. The van der Waals surface area contributed by atoms with Gasteiger partial charge in [-0.15, -0.1) is 5.10 Å². The van der Waals surface area contributed by atoms with E-state index in [0.717, 1.165) is 5.39 Å². The molecule has 3 aromatic rings. The first-order valence-corrected chi connectivity index (χ1v) is 7.17. The van der Waals surface area contributed by atoms with E-state index < -0.39 is 6.09 Å². The van der Waals surface area contributed by atoms with Gasteiger partial charge in [-0.3, -0.25) is 10.1 Å². The second-order valence-corrected chi connectivity index (χ2v) is 4.92. The molecular formula is C14H15N7O3. The molecule has 2 heterocycles. The fourth-order valence-corrected chi connectivity index (χ4v) is 2.16. The summed E-state index contributed by atoms with van der Waals surface area (Å²) in [4.78, 5) is 23.7. The van der Waals surface area contributed by atoms with Crippen molar-refractivity contribution in [2.24, 2.45) is 0 Å². The lowest BCUT2D eigenvalue weighted by molar-refractivity contribution is 0.0875. The molecule has 24 heavy (non-hydrogen) atoms. The van der Waals surface area contributed by atoms with Gasteiger partial charge in [0.2, 0.25) is 0 Å². The highest BCUT2D eigenvalue weighted by molar-refractivity contribution is 5.92. The number of fused-ring (bicyclic) bond motifs is 1. The minimum Gasteiger partial charge on any atom is -0.450 e. The number of carbonyl (C=O) groups is 2. The normalized spacial score (nSPS) is 10.7. The van der Waals surface area contributed by atoms with E-state index in [-0.39, 0.29) is 24.9 Å². The number of nitrogen functional groups attached to an aromatic ring is 1. The summed E-state index contributed by atoms with van der Waals surface area (Å²) in [5.41, 5.74) is 6.96. The van der Waals surface area contributed by atoms with Crippen LogP contribution in [-0.2, 0) is 11.3 Å². The molecular weight excluding hydrogens is 314 g/mol. The van der Waals surface area contributed by atoms with E-state index in [9.17, 15) is 9.59 Å². The fraction of sp³-hybridized carbons (Fsp3) is 0.214. The summed E-state index contributed by atoms with van der Waals surface area (Å²) in [5.74, 6) is -0.110. The number of carbonyl (C=O) groups excluding carboxylic acids is 2. The first-order chi connectivity index (χ1) is 11.6. The van der Waals surface area contributed by atoms with Gasteiger partial charge in [0.05, 0.1) is 24.5 Å². The second kappa shape index (κ2) is 6.36. The standard InChI is InChI=1S/C14H15N7O3/c1-2-24-14(23)17-12-7-20(19-18-12)8-13(22)21-11-4-3-10(15)5-9(11)6-16-21/h3-7H,2,8,15H2,1H3,(H,17,23). The number of benzene rings is 1. The lowest BCUT2D eigenvalue weighted by Crippen LogP contribution is -2.19. The maximum atomic E-state index is 12.4. The summed E-state index contributed by atoms with van der Waals surface area (Å²) in [6.07, 6.45) is 2.36. The van der Waals surface area contributed by atoms with Gasteiger partial charge in [0, 0.05) is 11.1 Å². The van der Waals surface area contributed by atoms with Crippen LogP contribution >= 0.6 is 0 Å². The third kappa shape index (κ3) is 3.16. The Balaban J connectivity index is 1.72. The maximum Gasteiger partial charge on any atom is 0.412 e. The molecule has 0 unspecified atom stereocenters. The summed E-state index contributed by atoms with van der Waals surface area (Å²) < 4.78 is 7.31. The van der Waals surface area contributed by atoms with Crippen molar-refractivity contribution in [1.29, 1.82) is 0 Å². The van der Waals surface area contributed by atoms with E-state index in [0.29, 0.717) is 11.2 Å². The molecule has 0 aliphatic rings. The van der Waals surface area contributed by atoms with E-state index in [1.165, 1.54) is 15.6 Å². The van der Waals surface area contributed by atoms with Crippen LogP contribution in [0.25, 0.3) is 10.9 Å². The molecule has 0 aliphatic carbocycles. The predicted molar refractivity (Wildman–Crippen MR) is 85.4 cm³/mol. The van der Waals surface area contributed by atoms with Gasteiger partial charge < -0.3 is 10.5 Å². The minimum absolute atomic E-state index is 0.0847. The number of anilines is 2. The molecule has 1 aromatic carbocycles. The number of nitrogens with two attached hydrogens (primary N) is 1. The van der Waals surface area contributed by atoms with Crippen molar-refractivity contribution in [3.63, 3.8) is 0 Å². The largest absolute Gasteiger partial charge is 0.450 e. The van der Waals surface area contributed by atoms with Gasteiger partial charge >= 0.3 is 6.09 Å². The predicted octanol–water partition coefficient (Wildman–Crippen LogP) is 1.12. The highest BCUT2D eigenvalue weighted by Gasteiger charge is 2.13. The fourth-order valence-electron chi connectivity index (χ4n) is 2.16. The number of aromatic nitrogens is 5. The number of nitrogens with one attached hydrogen (secondary N) is 1. The summed E-state index contributed by atoms with van der Waals surface area (Å²) >= 11 is 0. The highest BCUT2D eigenvalue weighted by Crippen LogP contribution is 2.17. The van der Waals surface area contributed by atoms with Crippen molar-refractivity contribution in [2.45, 2.75) is 13.5 Å². The molecule has 0 atom stereocenters. The van der Waals surface area contributed by atoms with Crippen LogP contribution in [0.5, 0.6) is 0 Å². The Kier molecular flexibility index (Phi) is 4.10. The van der Waals surface area contributed by atoms with Gasteiger partial charge in [0.25, 0.3) is 5.91 Å². The molecule has 2 aromatic heterocycles. The quantitative estimate of drug-likeness (QED) is 0.686. The Morgan fingerprint density at radius 3 is 3.00 bits per heavy atom. The zero-order valence-corrected chi connectivity index (χ0v) is 12.8. The van der Waals surface area contributed by atoms with Gasteiger partial charge in [-0.1, -0.05) is 5.21 Å². The number of rotatable bonds is 4. The Morgan fingerprint density at radius 1 is 1.38 bits per heavy atom. The zero-order valence-electron chi connectivity index (χ0n) is 12.8. The Labute approximate surface area is 136 Å². The average Bonchev–Trinajstić information content (AvgIpc) is 3.13. The van der Waals surface area contributed by atoms with E-state index in [4.69, 9.17) is 10.5 Å². The van der Waals surface area contributed by atoms with Crippen LogP contribution in [0.3, 0.4) is 0 Å². The van der Waals surface area contributed by atoms with E-state index in [2.05, 4.69) is 20.7 Å². The monoisotopic (exact) mass is 329 g/mol. The molecule has 124 valence electrons. The molecule has 10 nitrogen and oxygen atoms in total. The van der Waals surface area contributed by atoms with Crippen LogP contribution in [-0.4, -0.2) is 43.4 Å². The molecule has 0 bridgehead atoms. The summed E-state index contributed by atoms with van der Waals surface area (Å²) in [7, 11) is 0. The van der Waals surface area contributed by atoms with Crippen LogP contribution in [0.1, 0.15) is 11.7 Å². The lowest BCUT2D eigenvalue weighted by Gasteiger charge is -2.02. The van der Waals surface area contributed by atoms with Gasteiger partial charge in [0.1, 0.15) is 6.54 Å². The Morgan fingerprint density at radius 2 is 2.21 bits per heavy atom. The van der Waals surface area contributed by atoms with E-state index >= 15 is 0 Å². The van der Waals surface area contributed by atoms with Crippen molar-refractivity contribution < 1.29 is 14.3 Å². The van der Waals surface area contributed by atoms with Crippen LogP contribution in [0.4, 0.5) is 16.3 Å². The molecule has 0 aliphatic heterocycles. The first kappa shape index (κ1) is 15.5. The number of nitrogens with zero attached hydrogens (tertiary/aromatic N) is 5. The Hall–Kier alpha value is -3.43. The topological polar surface area (TPSA) is 130 Å². The number of ether oxygens (including phenoxy) is 1. The van der Waals surface area contributed by atoms with Gasteiger partial charge in [-0.05, 0) is 25.1 Å². The van der Waals surface area contributed by atoms with Crippen molar-refractivity contribution in [2.75, 3.05) is 17.7 Å². The zero-order chi connectivity index (χ0) is 17.1. The molecule has 10 heteroatoms. The van der Waals surface area contributed by atoms with Crippen LogP contribution in [0.15, 0.2) is 30.6 Å². The molecule has 0 radical (unpaired) electrons. The van der Waals surface area contributed by atoms with Crippen molar-refractivity contribution in [3.8, 4) is 0 Å². The van der Waals surface area contributed by atoms with Gasteiger partial charge in [0.15, 0.2) is 5.82 Å². The summed E-state index contributed by atoms with van der Waals surface area (Å²) in [6, 6.07) is 5.16. The van der Waals surface area contributed by atoms with Gasteiger partial charge in [-0.2, -0.15) is 9.78 Å². The molecule has 0 fully saturated rings. The van der Waals surface area contributed by atoms with Crippen molar-refractivity contribution in [3.05, 3.63) is 30.6 Å². The molecule has 3 rings (SSSR count). The summed E-state index contributed by atoms with van der Waals surface area (Å²) in [5, 5.41) is 14.8. The molecule has 1 amide bonds. The van der Waals surface area contributed by atoms with Crippen molar-refractivity contribution >= 4 is 34.4 Å². The summed E-state index contributed by atoms with van der Waals surface area (Å²) in [6.45, 7) is 1.85. The molecule has 3 N–H and O–H groups in total. The Bertz CT molecular complexity index is 899. The molecule has 0 spiro atoms. The lowest BCUT2D eigenvalue weighted by atomic mass is 10.2. The van der Waals surface area contributed by atoms with E-state index in [1.807, 2.05) is 0 Å². The van der Waals surface area contributed by atoms with E-state index in [1.54, 1.807) is 31.3 Å². The van der Waals surface area contributed by atoms with Crippen LogP contribution in [0.2, 0.25) is 0 Å². The van der Waals surface area contributed by atoms with Crippen LogP contribution in [0, 0.1) is 0 Å². The third-order valence-corrected chi connectivity index (χ3v) is 3.17. The second-order valence-electron chi connectivity index (χ2n) is 4.92. The number of amides is 1. The smallest absolute Gasteiger partial charge is 0.412 e. The van der Waals surface area contributed by atoms with Crippen LogP contribution < -0.4 is 11.1 Å². The number of hydrogen-bond acceptors (Lipinski definition) is 7. The number of hydrogen-bond donors (Lipinski definition) is 2. The molecule has 0 saturated carbocycles. The van der Waals surface area contributed by atoms with Crippen molar-refractivity contribution in [1.82, 2.24) is 24.8 Å². The highest BCUT2D eigenvalue weighted by atomic mass is 16.5. The average molecular weight is 329 g/mol. The SMILES string of the molecule is CCOC(=O)Nc1cn(CC(=O)n2ncc3cc(N)ccc32)nn1. The first-order valence-electron chi connectivity index (χ1n) is 7.17. The maximum absolute atomic E-state index is 12.4. The minimum atomic E-state index is -0.633.